The van der Waals surface area contributed by atoms with Crippen molar-refractivity contribution in [2.75, 3.05) is 33.3 Å². The van der Waals surface area contributed by atoms with Crippen LogP contribution in [0.4, 0.5) is 4.79 Å². The highest BCUT2D eigenvalue weighted by Gasteiger charge is 2.47. The van der Waals surface area contributed by atoms with Gasteiger partial charge in [0.25, 0.3) is 0 Å². The number of urea groups is 1. The first-order valence-corrected chi connectivity index (χ1v) is 9.22. The van der Waals surface area contributed by atoms with E-state index < -0.39 is 6.04 Å². The number of rotatable bonds is 6. The summed E-state index contributed by atoms with van der Waals surface area (Å²) in [6.07, 6.45) is 0. The van der Waals surface area contributed by atoms with Crippen molar-refractivity contribution >= 4 is 17.8 Å². The van der Waals surface area contributed by atoms with Gasteiger partial charge in [-0.25, -0.2) is 4.79 Å². The summed E-state index contributed by atoms with van der Waals surface area (Å²) in [6, 6.07) is 6.72. The van der Waals surface area contributed by atoms with Gasteiger partial charge in [0.1, 0.15) is 18.3 Å². The molecule has 2 fully saturated rings. The van der Waals surface area contributed by atoms with Crippen LogP contribution in [0.5, 0.6) is 5.75 Å². The minimum absolute atomic E-state index is 0.0206. The lowest BCUT2D eigenvalue weighted by Crippen LogP contribution is -2.58. The Kier molecular flexibility index (Phi) is 5.53. The molecule has 2 aliphatic rings. The van der Waals surface area contributed by atoms with E-state index in [1.807, 2.05) is 31.2 Å². The number of likely N-dealkylation sites (N-methyl/N-ethyl adjacent to an activating group) is 1. The molecule has 4 amide bonds. The molecule has 0 aromatic heterocycles. The highest BCUT2D eigenvalue weighted by Crippen LogP contribution is 2.24. The van der Waals surface area contributed by atoms with Crippen molar-refractivity contribution in [2.24, 2.45) is 0 Å². The Bertz CT molecular complexity index is 738. The van der Waals surface area contributed by atoms with E-state index in [1.165, 1.54) is 4.90 Å². The maximum Gasteiger partial charge on any atom is 0.321 e. The number of para-hydroxylation sites is 1. The molecule has 1 aromatic rings. The predicted octanol–water partition coefficient (Wildman–Crippen LogP) is 0.668. The highest BCUT2D eigenvalue weighted by atomic mass is 16.5. The van der Waals surface area contributed by atoms with Crippen LogP contribution < -0.4 is 10.1 Å². The molecule has 2 heterocycles. The summed E-state index contributed by atoms with van der Waals surface area (Å²) >= 11 is 0. The molecule has 0 radical (unpaired) electrons. The van der Waals surface area contributed by atoms with Gasteiger partial charge in [0, 0.05) is 32.2 Å². The number of carbonyl (C=O) groups is 3. The van der Waals surface area contributed by atoms with Gasteiger partial charge < -0.3 is 24.8 Å². The van der Waals surface area contributed by atoms with Crippen LogP contribution >= 0.6 is 0 Å². The van der Waals surface area contributed by atoms with E-state index in [1.54, 1.807) is 23.8 Å². The molecular formula is C19H26N4O4. The molecule has 8 heteroatoms. The van der Waals surface area contributed by atoms with Crippen LogP contribution in [0.25, 0.3) is 0 Å². The van der Waals surface area contributed by atoms with Gasteiger partial charge in [-0.3, -0.25) is 9.59 Å². The van der Waals surface area contributed by atoms with E-state index >= 15 is 0 Å². The maximum absolute atomic E-state index is 12.6. The first-order chi connectivity index (χ1) is 12.9. The van der Waals surface area contributed by atoms with E-state index in [-0.39, 0.29) is 30.4 Å². The second-order valence-electron chi connectivity index (χ2n) is 6.94. The summed E-state index contributed by atoms with van der Waals surface area (Å²) in [6.45, 7) is 5.45. The largest absolute Gasteiger partial charge is 0.494 e. The SMILES string of the molecule is CCOc1ccccc1CNC(=O)CN1C[C@@H]2CN(C)C(=O)[C@H](C)N2C1=O. The third-order valence-electron chi connectivity index (χ3n) is 5.03. The average Bonchev–Trinajstić information content (AvgIpc) is 2.94. The van der Waals surface area contributed by atoms with Crippen molar-refractivity contribution in [3.8, 4) is 5.75 Å². The Hall–Kier alpha value is -2.77. The second kappa shape index (κ2) is 7.85. The normalized spacial score (nSPS) is 22.1. The molecule has 146 valence electrons. The summed E-state index contributed by atoms with van der Waals surface area (Å²) in [5.41, 5.74) is 0.888. The molecule has 2 atom stereocenters. The lowest BCUT2D eigenvalue weighted by atomic mass is 10.1. The molecule has 0 spiro atoms. The van der Waals surface area contributed by atoms with E-state index in [9.17, 15) is 14.4 Å². The standard InChI is InChI=1S/C19H26N4O4/c1-4-27-16-8-6-5-7-14(16)9-20-17(24)12-22-11-15-10-21(3)18(25)13(2)23(15)19(22)26/h5-8,13,15H,4,9-12H2,1-3H3,(H,20,24)/t13-,15-/m0/s1. The minimum Gasteiger partial charge on any atom is -0.494 e. The van der Waals surface area contributed by atoms with Crippen LogP contribution in [0.2, 0.25) is 0 Å². The number of hydrogen-bond acceptors (Lipinski definition) is 4. The summed E-state index contributed by atoms with van der Waals surface area (Å²) in [5, 5.41) is 2.85. The molecule has 2 aliphatic heterocycles. The van der Waals surface area contributed by atoms with E-state index in [0.717, 1.165) is 11.3 Å². The number of benzene rings is 1. The Morgan fingerprint density at radius 3 is 2.74 bits per heavy atom. The van der Waals surface area contributed by atoms with Gasteiger partial charge in [-0.05, 0) is 19.9 Å². The van der Waals surface area contributed by atoms with Crippen molar-refractivity contribution in [2.45, 2.75) is 32.5 Å². The third kappa shape index (κ3) is 3.84. The minimum atomic E-state index is -0.493. The summed E-state index contributed by atoms with van der Waals surface area (Å²) in [7, 11) is 1.74. The van der Waals surface area contributed by atoms with Gasteiger partial charge in [0.05, 0.1) is 12.6 Å². The lowest BCUT2D eigenvalue weighted by molar-refractivity contribution is -0.139. The van der Waals surface area contributed by atoms with Crippen LogP contribution in [-0.2, 0) is 16.1 Å². The maximum atomic E-state index is 12.6. The first kappa shape index (κ1) is 19.0. The van der Waals surface area contributed by atoms with Crippen LogP contribution in [0.15, 0.2) is 24.3 Å². The van der Waals surface area contributed by atoms with Gasteiger partial charge in [-0.15, -0.1) is 0 Å². The van der Waals surface area contributed by atoms with Crippen molar-refractivity contribution in [1.29, 1.82) is 0 Å². The van der Waals surface area contributed by atoms with E-state index in [0.29, 0.717) is 26.2 Å². The zero-order chi connectivity index (χ0) is 19.6. The summed E-state index contributed by atoms with van der Waals surface area (Å²) < 4.78 is 5.56. The summed E-state index contributed by atoms with van der Waals surface area (Å²) in [4.78, 5) is 41.9. The van der Waals surface area contributed by atoms with E-state index in [4.69, 9.17) is 4.74 Å². The third-order valence-corrected chi connectivity index (χ3v) is 5.03. The molecule has 27 heavy (non-hydrogen) atoms. The fourth-order valence-corrected chi connectivity index (χ4v) is 3.71. The Morgan fingerprint density at radius 2 is 2.00 bits per heavy atom. The monoisotopic (exact) mass is 374 g/mol. The van der Waals surface area contributed by atoms with Crippen molar-refractivity contribution in [3.05, 3.63) is 29.8 Å². The molecule has 3 rings (SSSR count). The van der Waals surface area contributed by atoms with Crippen molar-refractivity contribution in [3.63, 3.8) is 0 Å². The number of amides is 4. The predicted molar refractivity (Wildman–Crippen MR) is 99.2 cm³/mol. The average molecular weight is 374 g/mol. The number of ether oxygens (including phenoxy) is 1. The van der Waals surface area contributed by atoms with Crippen LogP contribution in [0.3, 0.4) is 0 Å². The molecule has 8 nitrogen and oxygen atoms in total. The van der Waals surface area contributed by atoms with Gasteiger partial charge in [-0.2, -0.15) is 0 Å². The molecule has 1 N–H and O–H groups in total. The van der Waals surface area contributed by atoms with Gasteiger partial charge in [-0.1, -0.05) is 18.2 Å². The number of hydrogen-bond donors (Lipinski definition) is 1. The topological polar surface area (TPSA) is 82.2 Å². The molecular weight excluding hydrogens is 348 g/mol. The number of nitrogens with zero attached hydrogens (tertiary/aromatic N) is 3. The van der Waals surface area contributed by atoms with Crippen LogP contribution in [0, 0.1) is 0 Å². The van der Waals surface area contributed by atoms with Gasteiger partial charge in [0.15, 0.2) is 0 Å². The van der Waals surface area contributed by atoms with Crippen molar-refractivity contribution in [1.82, 2.24) is 20.0 Å². The van der Waals surface area contributed by atoms with Crippen molar-refractivity contribution < 1.29 is 19.1 Å². The number of nitrogens with one attached hydrogen (secondary N) is 1. The number of carbonyl (C=O) groups excluding carboxylic acids is 3. The number of fused-ring (bicyclic) bond motifs is 1. The van der Waals surface area contributed by atoms with Crippen LogP contribution in [0.1, 0.15) is 19.4 Å². The first-order valence-electron chi connectivity index (χ1n) is 9.22. The zero-order valence-electron chi connectivity index (χ0n) is 16.0. The molecule has 0 unspecified atom stereocenters. The van der Waals surface area contributed by atoms with Gasteiger partial charge >= 0.3 is 6.03 Å². The van der Waals surface area contributed by atoms with Crippen LogP contribution in [-0.4, -0.2) is 77.9 Å². The molecule has 0 bridgehead atoms. The summed E-state index contributed by atoms with van der Waals surface area (Å²) in [5.74, 6) is 0.435. The highest BCUT2D eigenvalue weighted by molar-refractivity contribution is 5.91. The zero-order valence-corrected chi connectivity index (χ0v) is 16.0. The Balaban J connectivity index is 1.58. The van der Waals surface area contributed by atoms with E-state index in [2.05, 4.69) is 5.32 Å². The lowest BCUT2D eigenvalue weighted by Gasteiger charge is -2.38. The molecule has 1 aromatic carbocycles. The molecule has 0 saturated carbocycles. The number of piperazine rings is 1. The Labute approximate surface area is 159 Å². The fraction of sp³-hybridized carbons (Fsp3) is 0.526. The van der Waals surface area contributed by atoms with Gasteiger partial charge in [0.2, 0.25) is 11.8 Å². The fourth-order valence-electron chi connectivity index (χ4n) is 3.71. The molecule has 2 saturated heterocycles. The molecule has 0 aliphatic carbocycles. The quantitative estimate of drug-likeness (QED) is 0.793. The Morgan fingerprint density at radius 1 is 1.26 bits per heavy atom. The second-order valence-corrected chi connectivity index (χ2v) is 6.94. The smallest absolute Gasteiger partial charge is 0.321 e.